The number of sulfonamides is 1. The van der Waals surface area contributed by atoms with Crippen molar-refractivity contribution in [3.05, 3.63) is 36.4 Å². The molecule has 0 saturated heterocycles. The molecule has 5 heteroatoms. The number of allylic oxidation sites excluding steroid dienone is 1. The fourth-order valence-electron chi connectivity index (χ4n) is 1.41. The van der Waals surface area contributed by atoms with Gasteiger partial charge in [0.2, 0.25) is 10.0 Å². The summed E-state index contributed by atoms with van der Waals surface area (Å²) in [6.45, 7) is 2.67. The van der Waals surface area contributed by atoms with Gasteiger partial charge in [-0.2, -0.15) is 0 Å². The van der Waals surface area contributed by atoms with Crippen LogP contribution >= 0.6 is 0 Å². The maximum absolute atomic E-state index is 11.7. The summed E-state index contributed by atoms with van der Waals surface area (Å²) in [7, 11) is -1.99. The van der Waals surface area contributed by atoms with Crippen molar-refractivity contribution >= 4 is 15.7 Å². The van der Waals surface area contributed by atoms with Crippen molar-refractivity contribution in [1.29, 1.82) is 0 Å². The Bertz CT molecular complexity index is 481. The molecular formula is C12H18N2O2S. The van der Waals surface area contributed by atoms with Crippen LogP contribution in [0.3, 0.4) is 0 Å². The Kier molecular flexibility index (Phi) is 5.18. The van der Waals surface area contributed by atoms with Gasteiger partial charge in [-0.25, -0.2) is 13.1 Å². The van der Waals surface area contributed by atoms with Gasteiger partial charge in [0, 0.05) is 6.54 Å². The summed E-state index contributed by atoms with van der Waals surface area (Å²) in [6.07, 6.45) is 4.87. The highest BCUT2D eigenvalue weighted by atomic mass is 32.2. The second-order valence-electron chi connectivity index (χ2n) is 3.49. The molecule has 1 aromatic rings. The summed E-state index contributed by atoms with van der Waals surface area (Å²) >= 11 is 0. The highest BCUT2D eigenvalue weighted by Gasteiger charge is 2.15. The van der Waals surface area contributed by atoms with E-state index in [-0.39, 0.29) is 4.90 Å². The molecule has 0 aliphatic carbocycles. The summed E-state index contributed by atoms with van der Waals surface area (Å²) < 4.78 is 25.8. The number of hydrogen-bond donors (Lipinski definition) is 2. The molecular weight excluding hydrogens is 236 g/mol. The Morgan fingerprint density at radius 2 is 2.00 bits per heavy atom. The van der Waals surface area contributed by atoms with E-state index >= 15 is 0 Å². The normalized spacial score (nSPS) is 11.9. The molecule has 0 atom stereocenters. The molecule has 17 heavy (non-hydrogen) atoms. The Morgan fingerprint density at radius 3 is 2.65 bits per heavy atom. The number of anilines is 1. The number of nitrogens with one attached hydrogen (secondary N) is 2. The van der Waals surface area contributed by atoms with Gasteiger partial charge in [0.05, 0.1) is 5.69 Å². The SMILES string of the molecule is C/C=C/CCNc1ccccc1S(=O)(=O)NC. The summed E-state index contributed by atoms with van der Waals surface area (Å²) in [5.41, 5.74) is 0.631. The molecule has 0 bridgehead atoms. The Labute approximate surface area is 103 Å². The molecule has 2 N–H and O–H groups in total. The van der Waals surface area contributed by atoms with Gasteiger partial charge in [0.25, 0.3) is 0 Å². The first-order chi connectivity index (χ1) is 8.11. The van der Waals surface area contributed by atoms with E-state index in [9.17, 15) is 8.42 Å². The highest BCUT2D eigenvalue weighted by Crippen LogP contribution is 2.20. The first kappa shape index (κ1) is 13.7. The zero-order valence-corrected chi connectivity index (χ0v) is 10.9. The van der Waals surface area contributed by atoms with E-state index in [1.165, 1.54) is 7.05 Å². The monoisotopic (exact) mass is 254 g/mol. The van der Waals surface area contributed by atoms with E-state index < -0.39 is 10.0 Å². The van der Waals surface area contributed by atoms with E-state index in [1.54, 1.807) is 18.2 Å². The first-order valence-corrected chi connectivity index (χ1v) is 6.97. The molecule has 0 spiro atoms. The Hall–Kier alpha value is -1.33. The molecule has 0 heterocycles. The summed E-state index contributed by atoms with van der Waals surface area (Å²) in [4.78, 5) is 0.281. The average Bonchev–Trinajstić information content (AvgIpc) is 2.35. The quantitative estimate of drug-likeness (QED) is 0.603. The first-order valence-electron chi connectivity index (χ1n) is 5.49. The number of benzene rings is 1. The van der Waals surface area contributed by atoms with Crippen LogP contribution in [0.5, 0.6) is 0 Å². The van der Waals surface area contributed by atoms with E-state index in [0.717, 1.165) is 6.42 Å². The summed E-state index contributed by atoms with van der Waals surface area (Å²) in [6, 6.07) is 6.87. The maximum atomic E-state index is 11.7. The van der Waals surface area contributed by atoms with E-state index in [4.69, 9.17) is 0 Å². The number of para-hydroxylation sites is 1. The zero-order valence-electron chi connectivity index (χ0n) is 10.1. The zero-order chi connectivity index (χ0) is 12.7. The fourth-order valence-corrected chi connectivity index (χ4v) is 2.32. The van der Waals surface area contributed by atoms with Crippen molar-refractivity contribution in [2.75, 3.05) is 18.9 Å². The fraction of sp³-hybridized carbons (Fsp3) is 0.333. The van der Waals surface area contributed by atoms with Gasteiger partial charge < -0.3 is 5.32 Å². The molecule has 0 unspecified atom stereocenters. The molecule has 0 aliphatic heterocycles. The van der Waals surface area contributed by atoms with Crippen LogP contribution in [0.1, 0.15) is 13.3 Å². The lowest BCUT2D eigenvalue weighted by molar-refractivity contribution is 0.588. The molecule has 94 valence electrons. The van der Waals surface area contributed by atoms with Crippen LogP contribution in [0, 0.1) is 0 Å². The smallest absolute Gasteiger partial charge is 0.242 e. The number of rotatable bonds is 6. The number of hydrogen-bond acceptors (Lipinski definition) is 3. The van der Waals surface area contributed by atoms with Gasteiger partial charge in [-0.15, -0.1) is 0 Å². The lowest BCUT2D eigenvalue weighted by atomic mass is 10.3. The largest absolute Gasteiger partial charge is 0.384 e. The molecule has 0 saturated carbocycles. The minimum absolute atomic E-state index is 0.281. The topological polar surface area (TPSA) is 58.2 Å². The van der Waals surface area contributed by atoms with Crippen molar-refractivity contribution < 1.29 is 8.42 Å². The Morgan fingerprint density at radius 1 is 1.29 bits per heavy atom. The van der Waals surface area contributed by atoms with Crippen LogP contribution in [-0.4, -0.2) is 22.0 Å². The van der Waals surface area contributed by atoms with E-state index in [1.807, 2.05) is 25.1 Å². The van der Waals surface area contributed by atoms with Crippen LogP contribution in [0.15, 0.2) is 41.3 Å². The molecule has 0 radical (unpaired) electrons. The van der Waals surface area contributed by atoms with Crippen LogP contribution in [0.4, 0.5) is 5.69 Å². The third kappa shape index (κ3) is 3.87. The Balaban J connectivity index is 2.86. The second kappa shape index (κ2) is 6.42. The van der Waals surface area contributed by atoms with Crippen molar-refractivity contribution in [3.63, 3.8) is 0 Å². The second-order valence-corrected chi connectivity index (χ2v) is 5.34. The minimum atomic E-state index is -3.40. The van der Waals surface area contributed by atoms with Crippen molar-refractivity contribution in [3.8, 4) is 0 Å². The third-order valence-corrected chi connectivity index (χ3v) is 3.78. The maximum Gasteiger partial charge on any atom is 0.242 e. The predicted octanol–water partition coefficient (Wildman–Crippen LogP) is 1.97. The van der Waals surface area contributed by atoms with Crippen molar-refractivity contribution in [1.82, 2.24) is 4.72 Å². The molecule has 0 amide bonds. The molecule has 0 aliphatic rings. The molecule has 0 aromatic heterocycles. The standard InChI is InChI=1S/C12H18N2O2S/c1-3-4-7-10-14-11-8-5-6-9-12(11)17(15,16)13-2/h3-6,8-9,13-14H,7,10H2,1-2H3/b4-3+. The van der Waals surface area contributed by atoms with Gasteiger partial charge in [0.15, 0.2) is 0 Å². The highest BCUT2D eigenvalue weighted by molar-refractivity contribution is 7.89. The third-order valence-electron chi connectivity index (χ3n) is 2.31. The molecule has 0 fully saturated rings. The van der Waals surface area contributed by atoms with Crippen LogP contribution in [-0.2, 0) is 10.0 Å². The molecule has 4 nitrogen and oxygen atoms in total. The van der Waals surface area contributed by atoms with Gasteiger partial charge in [-0.05, 0) is 32.5 Å². The van der Waals surface area contributed by atoms with Crippen LogP contribution in [0.25, 0.3) is 0 Å². The van der Waals surface area contributed by atoms with Gasteiger partial charge in [0.1, 0.15) is 4.90 Å². The van der Waals surface area contributed by atoms with Crippen LogP contribution in [0.2, 0.25) is 0 Å². The van der Waals surface area contributed by atoms with Crippen molar-refractivity contribution in [2.45, 2.75) is 18.2 Å². The molecule has 1 aromatic carbocycles. The van der Waals surface area contributed by atoms with Gasteiger partial charge in [-0.1, -0.05) is 24.3 Å². The molecule has 1 rings (SSSR count). The summed E-state index contributed by atoms with van der Waals surface area (Å²) in [5, 5.41) is 3.12. The van der Waals surface area contributed by atoms with Gasteiger partial charge >= 0.3 is 0 Å². The predicted molar refractivity (Wildman–Crippen MR) is 70.6 cm³/mol. The van der Waals surface area contributed by atoms with Crippen LogP contribution < -0.4 is 10.0 Å². The summed E-state index contributed by atoms with van der Waals surface area (Å²) in [5.74, 6) is 0. The lowest BCUT2D eigenvalue weighted by Gasteiger charge is -2.11. The average molecular weight is 254 g/mol. The minimum Gasteiger partial charge on any atom is -0.384 e. The van der Waals surface area contributed by atoms with Gasteiger partial charge in [-0.3, -0.25) is 0 Å². The van der Waals surface area contributed by atoms with Crippen molar-refractivity contribution in [2.24, 2.45) is 0 Å². The lowest BCUT2D eigenvalue weighted by Crippen LogP contribution is -2.20. The van der Waals surface area contributed by atoms with E-state index in [0.29, 0.717) is 12.2 Å². The van der Waals surface area contributed by atoms with E-state index in [2.05, 4.69) is 10.0 Å².